The minimum atomic E-state index is -0.151. The summed E-state index contributed by atoms with van der Waals surface area (Å²) in [5.41, 5.74) is 1.77. The molecule has 5 heteroatoms. The molecule has 0 saturated heterocycles. The molecular formula is C29H22O3S2. The first-order chi connectivity index (χ1) is 16.4. The highest BCUT2D eigenvalue weighted by molar-refractivity contribution is 8.13. The van der Waals surface area contributed by atoms with E-state index < -0.39 is 0 Å². The Morgan fingerprint density at radius 3 is 1.44 bits per heavy atom. The number of benzene rings is 4. The number of hydrogen-bond donors (Lipinski definition) is 0. The van der Waals surface area contributed by atoms with Crippen molar-refractivity contribution in [1.29, 1.82) is 0 Å². The highest BCUT2D eigenvalue weighted by Crippen LogP contribution is 2.30. The van der Waals surface area contributed by atoms with Crippen molar-refractivity contribution in [2.75, 3.05) is 0 Å². The molecule has 0 atom stereocenters. The smallest absolute Gasteiger partial charge is 0.190 e. The van der Waals surface area contributed by atoms with Gasteiger partial charge in [-0.15, -0.1) is 0 Å². The highest BCUT2D eigenvalue weighted by Gasteiger charge is 2.07. The molecule has 3 nitrogen and oxygen atoms in total. The average Bonchev–Trinajstić information content (AvgIpc) is 2.80. The predicted molar refractivity (Wildman–Crippen MR) is 144 cm³/mol. The predicted octanol–water partition coefficient (Wildman–Crippen LogP) is 7.57. The molecule has 0 saturated carbocycles. The maximum atomic E-state index is 12.7. The van der Waals surface area contributed by atoms with Gasteiger partial charge < -0.3 is 0 Å². The van der Waals surface area contributed by atoms with Gasteiger partial charge in [-0.05, 0) is 69.1 Å². The molecule has 0 amide bonds. The molecule has 0 heterocycles. The summed E-state index contributed by atoms with van der Waals surface area (Å²) in [5.74, 6) is -0.151. The SMILES string of the molecule is CC(=O)Sc1cc(C=CC(=O)C=Cc2cc(SC(C)=O)cc3ccccc23)c2ccccc2c1. The summed E-state index contributed by atoms with van der Waals surface area (Å²) >= 11 is 2.36. The van der Waals surface area contributed by atoms with Gasteiger partial charge in [0.25, 0.3) is 0 Å². The van der Waals surface area contributed by atoms with Gasteiger partial charge in [-0.1, -0.05) is 84.2 Å². The van der Waals surface area contributed by atoms with Crippen molar-refractivity contribution in [3.8, 4) is 0 Å². The Bertz CT molecular complexity index is 1370. The van der Waals surface area contributed by atoms with Crippen LogP contribution in [0, 0.1) is 0 Å². The van der Waals surface area contributed by atoms with Crippen LogP contribution in [0.1, 0.15) is 25.0 Å². The summed E-state index contributed by atoms with van der Waals surface area (Å²) in [7, 11) is 0. The normalized spacial score (nSPS) is 11.6. The topological polar surface area (TPSA) is 51.2 Å². The van der Waals surface area contributed by atoms with E-state index in [1.165, 1.54) is 49.5 Å². The molecule has 0 aliphatic carbocycles. The summed E-state index contributed by atoms with van der Waals surface area (Å²) in [6.45, 7) is 3.08. The minimum absolute atomic E-state index is 0.0154. The van der Waals surface area contributed by atoms with E-state index in [2.05, 4.69) is 0 Å². The van der Waals surface area contributed by atoms with Crippen LogP contribution in [0.25, 0.3) is 33.7 Å². The van der Waals surface area contributed by atoms with Gasteiger partial charge in [0.15, 0.2) is 16.0 Å². The number of thioether (sulfide) groups is 2. The van der Waals surface area contributed by atoms with E-state index in [0.717, 1.165) is 42.5 Å². The molecule has 4 rings (SSSR count). The van der Waals surface area contributed by atoms with E-state index in [9.17, 15) is 14.4 Å². The fourth-order valence-electron chi connectivity index (χ4n) is 3.75. The van der Waals surface area contributed by atoms with Crippen molar-refractivity contribution >= 4 is 73.2 Å². The van der Waals surface area contributed by atoms with E-state index in [0.29, 0.717) is 0 Å². The second-order valence-corrected chi connectivity index (χ2v) is 10.2. The second kappa shape index (κ2) is 10.7. The molecule has 0 fully saturated rings. The second-order valence-electron chi connectivity index (χ2n) is 7.72. The maximum Gasteiger partial charge on any atom is 0.190 e. The molecular weight excluding hydrogens is 460 g/mol. The fraction of sp³-hybridized carbons (Fsp3) is 0.0690. The molecule has 0 spiro atoms. The largest absolute Gasteiger partial charge is 0.290 e. The van der Waals surface area contributed by atoms with Crippen LogP contribution >= 0.6 is 23.5 Å². The quantitative estimate of drug-likeness (QED) is 0.210. The summed E-state index contributed by atoms with van der Waals surface area (Å²) in [5, 5.41) is 4.10. The number of carbonyl (C=O) groups excluding carboxylic acids is 3. The summed E-state index contributed by atoms with van der Waals surface area (Å²) in [6.07, 6.45) is 6.66. The van der Waals surface area contributed by atoms with Crippen molar-refractivity contribution in [2.45, 2.75) is 23.6 Å². The van der Waals surface area contributed by atoms with Crippen LogP contribution in [0.2, 0.25) is 0 Å². The zero-order valence-corrected chi connectivity index (χ0v) is 20.4. The first-order valence-electron chi connectivity index (χ1n) is 10.7. The zero-order valence-electron chi connectivity index (χ0n) is 18.8. The number of rotatable bonds is 6. The molecule has 0 aromatic heterocycles. The van der Waals surface area contributed by atoms with Gasteiger partial charge in [0.2, 0.25) is 0 Å². The molecule has 4 aromatic carbocycles. The van der Waals surface area contributed by atoms with Crippen molar-refractivity contribution in [1.82, 2.24) is 0 Å². The Kier molecular flexibility index (Phi) is 7.46. The van der Waals surface area contributed by atoms with Gasteiger partial charge >= 0.3 is 0 Å². The van der Waals surface area contributed by atoms with Crippen LogP contribution in [-0.4, -0.2) is 16.0 Å². The Morgan fingerprint density at radius 1 is 0.618 bits per heavy atom. The number of ketones is 1. The maximum absolute atomic E-state index is 12.7. The van der Waals surface area contributed by atoms with Gasteiger partial charge in [0, 0.05) is 23.6 Å². The van der Waals surface area contributed by atoms with E-state index in [-0.39, 0.29) is 16.0 Å². The molecule has 0 radical (unpaired) electrons. The molecule has 34 heavy (non-hydrogen) atoms. The van der Waals surface area contributed by atoms with Gasteiger partial charge in [-0.25, -0.2) is 0 Å². The van der Waals surface area contributed by atoms with Crippen molar-refractivity contribution in [3.05, 3.63) is 96.1 Å². The third-order valence-electron chi connectivity index (χ3n) is 5.11. The van der Waals surface area contributed by atoms with Gasteiger partial charge in [-0.3, -0.25) is 14.4 Å². The monoisotopic (exact) mass is 482 g/mol. The lowest BCUT2D eigenvalue weighted by Crippen LogP contribution is -1.89. The fourth-order valence-corrected chi connectivity index (χ4v) is 5.16. The molecule has 168 valence electrons. The Morgan fingerprint density at radius 2 is 1.03 bits per heavy atom. The first-order valence-corrected chi connectivity index (χ1v) is 12.3. The standard InChI is InChI=1S/C29H22O3S2/c1-19(30)33-26-15-21-7-3-5-9-28(21)23(17-26)11-13-25(32)14-12-24-18-27(34-20(2)31)16-22-8-4-6-10-29(22)24/h3-18H,1-2H3. The molecule has 4 aromatic rings. The number of hydrogen-bond acceptors (Lipinski definition) is 5. The lowest BCUT2D eigenvalue weighted by Gasteiger charge is -2.06. The van der Waals surface area contributed by atoms with Crippen LogP contribution in [0.5, 0.6) is 0 Å². The first kappa shape index (κ1) is 23.7. The van der Waals surface area contributed by atoms with Crippen LogP contribution in [0.15, 0.2) is 94.7 Å². The number of allylic oxidation sites excluding steroid dienone is 2. The number of fused-ring (bicyclic) bond motifs is 2. The highest BCUT2D eigenvalue weighted by atomic mass is 32.2. The molecule has 0 aliphatic heterocycles. The zero-order chi connectivity index (χ0) is 24.1. The lowest BCUT2D eigenvalue weighted by molar-refractivity contribution is -0.110. The Hall–Kier alpha value is -3.41. The Labute approximate surface area is 206 Å². The minimum Gasteiger partial charge on any atom is -0.290 e. The van der Waals surface area contributed by atoms with Crippen molar-refractivity contribution in [2.24, 2.45) is 0 Å². The van der Waals surface area contributed by atoms with E-state index in [1.54, 1.807) is 12.2 Å². The van der Waals surface area contributed by atoms with Crippen LogP contribution < -0.4 is 0 Å². The summed E-state index contributed by atoms with van der Waals surface area (Å²) in [4.78, 5) is 37.6. The van der Waals surface area contributed by atoms with Gasteiger partial charge in [0.05, 0.1) is 0 Å². The van der Waals surface area contributed by atoms with E-state index >= 15 is 0 Å². The average molecular weight is 483 g/mol. The number of carbonyl (C=O) groups is 3. The van der Waals surface area contributed by atoms with Crippen LogP contribution in [0.3, 0.4) is 0 Å². The van der Waals surface area contributed by atoms with Crippen LogP contribution in [0.4, 0.5) is 0 Å². The summed E-state index contributed by atoms with van der Waals surface area (Å²) < 4.78 is 0. The van der Waals surface area contributed by atoms with E-state index in [1.807, 2.05) is 72.8 Å². The molecule has 0 aliphatic rings. The third-order valence-corrected chi connectivity index (χ3v) is 6.63. The Balaban J connectivity index is 1.63. The molecule has 0 unspecified atom stereocenters. The molecule has 0 N–H and O–H groups in total. The van der Waals surface area contributed by atoms with E-state index in [4.69, 9.17) is 0 Å². The van der Waals surface area contributed by atoms with Crippen molar-refractivity contribution < 1.29 is 14.4 Å². The van der Waals surface area contributed by atoms with Crippen molar-refractivity contribution in [3.63, 3.8) is 0 Å². The van der Waals surface area contributed by atoms with Crippen LogP contribution in [-0.2, 0) is 14.4 Å². The lowest BCUT2D eigenvalue weighted by atomic mass is 10.0. The van der Waals surface area contributed by atoms with Gasteiger partial charge in [0.1, 0.15) is 0 Å². The third kappa shape index (κ3) is 5.93. The van der Waals surface area contributed by atoms with Gasteiger partial charge in [-0.2, -0.15) is 0 Å². The molecule has 0 bridgehead atoms. The summed E-state index contributed by atoms with van der Waals surface area (Å²) in [6, 6.07) is 23.6.